The zero-order valence-corrected chi connectivity index (χ0v) is 21.7. The predicted octanol–water partition coefficient (Wildman–Crippen LogP) is 1.65. The first-order chi connectivity index (χ1) is 18.9. The first-order valence-electron chi connectivity index (χ1n) is 12.3. The van der Waals surface area contributed by atoms with Crippen LogP contribution in [0, 0.1) is 5.82 Å². The molecule has 10 nitrogen and oxygen atoms in total. The number of anilines is 2. The molecule has 17 heteroatoms. The molecule has 2 heterocycles. The van der Waals surface area contributed by atoms with Crippen LogP contribution >= 0.6 is 0 Å². The second-order valence-corrected chi connectivity index (χ2v) is 9.70. The summed E-state index contributed by atoms with van der Waals surface area (Å²) in [6.45, 7) is 1.30. The van der Waals surface area contributed by atoms with Gasteiger partial charge in [-0.05, 0) is 18.9 Å². The van der Waals surface area contributed by atoms with Gasteiger partial charge in [-0.3, -0.25) is 9.69 Å². The molecular weight excluding hydrogens is 569 g/mol. The number of aliphatic hydroxyl groups excluding tert-OH is 1. The summed E-state index contributed by atoms with van der Waals surface area (Å²) in [7, 11) is 0. The van der Waals surface area contributed by atoms with Gasteiger partial charge in [-0.15, -0.1) is 0 Å². The Kier molecular flexibility index (Phi) is 9.36. The molecule has 0 radical (unpaired) electrons. The van der Waals surface area contributed by atoms with Gasteiger partial charge in [0.25, 0.3) is 5.60 Å². The maximum absolute atomic E-state index is 15.4. The third-order valence-corrected chi connectivity index (χ3v) is 6.87. The van der Waals surface area contributed by atoms with Gasteiger partial charge in [0.15, 0.2) is 11.6 Å². The highest BCUT2D eigenvalue weighted by molar-refractivity contribution is 5.75. The van der Waals surface area contributed by atoms with Crippen LogP contribution in [0.3, 0.4) is 0 Å². The average Bonchev–Trinajstić information content (AvgIpc) is 2.87. The monoisotopic (exact) mass is 598 g/mol. The van der Waals surface area contributed by atoms with Crippen molar-refractivity contribution in [1.82, 2.24) is 14.9 Å². The number of rotatable bonds is 10. The summed E-state index contributed by atoms with van der Waals surface area (Å²) in [5.41, 5.74) is -2.84. The number of hydrogen-bond donors (Lipinski definition) is 5. The Morgan fingerprint density at radius 3 is 2.29 bits per heavy atom. The summed E-state index contributed by atoms with van der Waals surface area (Å²) < 4.78 is 94.3. The minimum atomic E-state index is -6.03. The molecule has 1 amide bonds. The van der Waals surface area contributed by atoms with Crippen molar-refractivity contribution in [1.29, 1.82) is 0 Å². The molecule has 1 saturated heterocycles. The molecule has 228 valence electrons. The SMILES string of the molecule is CCN(Cc1ccc(C(O)(C(F)(F)F)C(F)(F)F)cc1)c1ncnc(NC[C@]2(O)CCN(CC(N)=O)C[C@H]2O)c1F. The predicted molar refractivity (Wildman–Crippen MR) is 131 cm³/mol. The lowest BCUT2D eigenvalue weighted by Crippen LogP contribution is -2.59. The normalized spacial score (nSPS) is 20.6. The fourth-order valence-electron chi connectivity index (χ4n) is 4.43. The molecule has 3 rings (SSSR count). The summed E-state index contributed by atoms with van der Waals surface area (Å²) in [5.74, 6) is -2.14. The quantitative estimate of drug-likeness (QED) is 0.258. The molecule has 6 N–H and O–H groups in total. The Labute approximate surface area is 229 Å². The maximum Gasteiger partial charge on any atom is 0.430 e. The van der Waals surface area contributed by atoms with Crippen LogP contribution in [0.25, 0.3) is 0 Å². The first kappa shape index (κ1) is 32.2. The first-order valence-corrected chi connectivity index (χ1v) is 12.3. The van der Waals surface area contributed by atoms with Gasteiger partial charge in [-0.25, -0.2) is 9.97 Å². The number of aromatic nitrogens is 2. The fourth-order valence-corrected chi connectivity index (χ4v) is 4.43. The number of nitrogens with two attached hydrogens (primary N) is 1. The number of nitrogens with one attached hydrogen (secondary N) is 1. The molecule has 1 aromatic heterocycles. The molecule has 0 saturated carbocycles. The molecule has 41 heavy (non-hydrogen) atoms. The van der Waals surface area contributed by atoms with Crippen LogP contribution in [0.15, 0.2) is 30.6 Å². The molecule has 0 spiro atoms. The van der Waals surface area contributed by atoms with Crippen molar-refractivity contribution in [2.24, 2.45) is 5.73 Å². The molecule has 1 aliphatic heterocycles. The summed E-state index contributed by atoms with van der Waals surface area (Å²) in [4.78, 5) is 21.7. The number of benzene rings is 1. The summed E-state index contributed by atoms with van der Waals surface area (Å²) in [6.07, 6.45) is -12.3. The molecule has 1 fully saturated rings. The van der Waals surface area contributed by atoms with Gasteiger partial charge < -0.3 is 31.3 Å². The van der Waals surface area contributed by atoms with Crippen LogP contribution in [0.2, 0.25) is 0 Å². The van der Waals surface area contributed by atoms with Crippen LogP contribution in [-0.4, -0.2) is 92.9 Å². The molecular formula is C24H29F7N6O4. The second kappa shape index (κ2) is 11.9. The van der Waals surface area contributed by atoms with Gasteiger partial charge in [0.2, 0.25) is 11.7 Å². The van der Waals surface area contributed by atoms with Gasteiger partial charge in [0.1, 0.15) is 11.9 Å². The van der Waals surface area contributed by atoms with Crippen molar-refractivity contribution in [2.75, 3.05) is 42.9 Å². The van der Waals surface area contributed by atoms with Crippen molar-refractivity contribution < 1.29 is 50.8 Å². The second-order valence-electron chi connectivity index (χ2n) is 9.70. The molecule has 0 bridgehead atoms. The van der Waals surface area contributed by atoms with Crippen molar-refractivity contribution in [3.63, 3.8) is 0 Å². The number of nitrogens with zero attached hydrogens (tertiary/aromatic N) is 4. The van der Waals surface area contributed by atoms with E-state index in [1.807, 2.05) is 0 Å². The third kappa shape index (κ3) is 6.79. The number of β-amino-alcohol motifs (C(OH)–C–C–N with tert-alkyl or cyclic N) is 1. The highest BCUT2D eigenvalue weighted by Crippen LogP contribution is 2.50. The minimum Gasteiger partial charge on any atom is -0.389 e. The topological polar surface area (TPSA) is 148 Å². The number of likely N-dealkylation sites (tertiary alicyclic amines) is 1. The smallest absolute Gasteiger partial charge is 0.389 e. The number of carbonyl (C=O) groups is 1. The van der Waals surface area contributed by atoms with Crippen molar-refractivity contribution in [2.45, 2.75) is 49.5 Å². The standard InChI is InChI=1S/C24H29F7N6O4/c1-2-37(9-14-3-5-15(6-4-14)22(41,23(26,27)28)24(29,30)31)20-18(25)19(34-13-35-20)33-12-21(40)7-8-36(10-16(21)38)11-17(32)39/h3-6,13,16,38,40-41H,2,7-12H2,1H3,(H2,32,39)(H,33,34,35)/t16-,21-/m1/s1. The minimum absolute atomic E-state index is 0.0306. The number of piperidine rings is 1. The Balaban J connectivity index is 1.75. The van der Waals surface area contributed by atoms with Crippen LogP contribution in [-0.2, 0) is 16.9 Å². The molecule has 0 unspecified atom stereocenters. The van der Waals surface area contributed by atoms with Crippen LogP contribution < -0.4 is 16.0 Å². The van der Waals surface area contributed by atoms with E-state index in [0.29, 0.717) is 12.1 Å². The lowest BCUT2D eigenvalue weighted by molar-refractivity contribution is -0.376. The molecule has 1 aromatic carbocycles. The van der Waals surface area contributed by atoms with E-state index in [4.69, 9.17) is 5.73 Å². The number of amides is 1. The maximum atomic E-state index is 15.4. The van der Waals surface area contributed by atoms with E-state index in [9.17, 15) is 46.5 Å². The van der Waals surface area contributed by atoms with E-state index in [1.165, 1.54) is 4.90 Å². The van der Waals surface area contributed by atoms with E-state index >= 15 is 4.39 Å². The van der Waals surface area contributed by atoms with Gasteiger partial charge in [-0.2, -0.15) is 30.7 Å². The Hall–Kier alpha value is -3.28. The molecule has 2 atom stereocenters. The number of alkyl halides is 6. The van der Waals surface area contributed by atoms with E-state index in [-0.39, 0.29) is 62.9 Å². The zero-order valence-electron chi connectivity index (χ0n) is 21.7. The average molecular weight is 599 g/mol. The van der Waals surface area contributed by atoms with Gasteiger partial charge in [0, 0.05) is 38.3 Å². The highest BCUT2D eigenvalue weighted by atomic mass is 19.4. The van der Waals surface area contributed by atoms with Crippen LogP contribution in [0.5, 0.6) is 0 Å². The third-order valence-electron chi connectivity index (χ3n) is 6.87. The van der Waals surface area contributed by atoms with Crippen molar-refractivity contribution in [3.05, 3.63) is 47.5 Å². The van der Waals surface area contributed by atoms with Crippen LogP contribution in [0.4, 0.5) is 42.4 Å². The molecule has 2 aromatic rings. The summed E-state index contributed by atoms with van der Waals surface area (Å²) in [6, 6.07) is 2.88. The Bertz CT molecular complexity index is 1200. The Morgan fingerprint density at radius 1 is 1.17 bits per heavy atom. The number of aliphatic hydroxyl groups is 3. The summed E-state index contributed by atoms with van der Waals surface area (Å²) >= 11 is 0. The summed E-state index contributed by atoms with van der Waals surface area (Å²) in [5, 5.41) is 33.4. The lowest BCUT2D eigenvalue weighted by atomic mass is 9.88. The van der Waals surface area contributed by atoms with E-state index in [2.05, 4.69) is 15.3 Å². The number of hydrogen-bond acceptors (Lipinski definition) is 9. The van der Waals surface area contributed by atoms with E-state index in [0.717, 1.165) is 18.5 Å². The Morgan fingerprint density at radius 2 is 1.78 bits per heavy atom. The highest BCUT2D eigenvalue weighted by Gasteiger charge is 2.71. The number of primary amides is 1. The molecule has 1 aliphatic rings. The lowest BCUT2D eigenvalue weighted by Gasteiger charge is -2.41. The van der Waals surface area contributed by atoms with Gasteiger partial charge >= 0.3 is 12.4 Å². The number of carbonyl (C=O) groups excluding carboxylic acids is 1. The van der Waals surface area contributed by atoms with Gasteiger partial charge in [-0.1, -0.05) is 24.3 Å². The van der Waals surface area contributed by atoms with Crippen LogP contribution in [0.1, 0.15) is 24.5 Å². The zero-order chi connectivity index (χ0) is 30.8. The van der Waals surface area contributed by atoms with E-state index < -0.39 is 46.9 Å². The number of halogens is 7. The van der Waals surface area contributed by atoms with E-state index in [1.54, 1.807) is 11.8 Å². The van der Waals surface area contributed by atoms with Gasteiger partial charge in [0.05, 0.1) is 12.6 Å². The fraction of sp³-hybridized carbons (Fsp3) is 0.542. The van der Waals surface area contributed by atoms with Crippen molar-refractivity contribution >= 4 is 17.5 Å². The van der Waals surface area contributed by atoms with Crippen molar-refractivity contribution in [3.8, 4) is 0 Å². The molecule has 0 aliphatic carbocycles. The largest absolute Gasteiger partial charge is 0.430 e.